The molecule has 0 aliphatic rings. The molecule has 0 bridgehead atoms. The zero-order valence-electron chi connectivity index (χ0n) is 5.41. The Morgan fingerprint density at radius 2 is 2.18 bits per heavy atom. The number of carbonyl (C=O) groups excluding carboxylic acids is 1. The summed E-state index contributed by atoms with van der Waals surface area (Å²) in [5.74, 6) is 0. The molecule has 0 radical (unpaired) electrons. The van der Waals surface area contributed by atoms with E-state index in [0.717, 1.165) is 4.57 Å². The largest absolute Gasteiger partial charge is 0.354 e. The summed E-state index contributed by atoms with van der Waals surface area (Å²) < 4.78 is 1.48. The zero-order valence-corrected chi connectivity index (χ0v) is 6.93. The number of halogens is 2. The van der Waals surface area contributed by atoms with Crippen molar-refractivity contribution in [2.24, 2.45) is 7.05 Å². The topological polar surface area (TPSA) is 56.9 Å². The maximum Gasteiger partial charge on any atom is 0.354 e. The first-order chi connectivity index (χ1) is 5.04. The Bertz CT molecular complexity index is 353. The number of aromatic nitrogens is 3. The predicted octanol–water partition coefficient (Wildman–Crippen LogP) is 0.442. The molecule has 0 fully saturated rings. The predicted molar refractivity (Wildman–Crippen MR) is 39.1 cm³/mol. The van der Waals surface area contributed by atoms with Crippen molar-refractivity contribution in [1.82, 2.24) is 14.3 Å². The molecule has 1 aromatic rings. The summed E-state index contributed by atoms with van der Waals surface area (Å²) in [6.07, 6.45) is 0. The van der Waals surface area contributed by atoms with Gasteiger partial charge in [-0.25, -0.2) is 4.79 Å². The molecule has 0 unspecified atom stereocenters. The first kappa shape index (κ1) is 8.29. The number of hydrogen-bond donors (Lipinski definition) is 0. The Kier molecular flexibility index (Phi) is 2.01. The van der Waals surface area contributed by atoms with Crippen LogP contribution in [0.1, 0.15) is 0 Å². The van der Waals surface area contributed by atoms with Gasteiger partial charge in [0.05, 0.1) is 0 Å². The van der Waals surface area contributed by atoms with Gasteiger partial charge in [-0.3, -0.25) is 9.36 Å². The molecule has 1 aromatic heterocycles. The molecule has 0 atom stereocenters. The van der Waals surface area contributed by atoms with Crippen molar-refractivity contribution in [3.8, 4) is 0 Å². The Labute approximate surface area is 71.1 Å². The number of hydrogen-bond acceptors (Lipinski definition) is 3. The molecule has 1 rings (SSSR count). The van der Waals surface area contributed by atoms with Crippen molar-refractivity contribution >= 4 is 28.6 Å². The lowest BCUT2D eigenvalue weighted by atomic mass is 11.0. The highest BCUT2D eigenvalue weighted by Gasteiger charge is 2.11. The highest BCUT2D eigenvalue weighted by molar-refractivity contribution is 6.63. The molecule has 0 saturated heterocycles. The summed E-state index contributed by atoms with van der Waals surface area (Å²) in [5, 5.41) is 2.31. The third-order valence-corrected chi connectivity index (χ3v) is 1.58. The van der Waals surface area contributed by atoms with Crippen molar-refractivity contribution in [3.63, 3.8) is 0 Å². The molecule has 0 spiro atoms. The van der Waals surface area contributed by atoms with Crippen LogP contribution in [-0.2, 0) is 7.05 Å². The van der Waals surface area contributed by atoms with Crippen LogP contribution in [-0.4, -0.2) is 19.7 Å². The van der Waals surface area contributed by atoms with Crippen LogP contribution in [0, 0.1) is 0 Å². The molecule has 0 aromatic carbocycles. The first-order valence-electron chi connectivity index (χ1n) is 2.55. The summed E-state index contributed by atoms with van der Waals surface area (Å²) in [6.45, 7) is 0. The van der Waals surface area contributed by atoms with E-state index >= 15 is 0 Å². The van der Waals surface area contributed by atoms with E-state index < -0.39 is 11.1 Å². The SMILES string of the molecule is Cn1c(Cl)nn(C(=O)Cl)c1=O. The molecule has 0 aliphatic heterocycles. The Hall–Kier alpha value is -0.810. The van der Waals surface area contributed by atoms with E-state index in [2.05, 4.69) is 5.10 Å². The van der Waals surface area contributed by atoms with Gasteiger partial charge in [0.15, 0.2) is 0 Å². The van der Waals surface area contributed by atoms with Crippen LogP contribution in [0.3, 0.4) is 0 Å². The lowest BCUT2D eigenvalue weighted by Crippen LogP contribution is -2.25. The van der Waals surface area contributed by atoms with Crippen LogP contribution in [0.2, 0.25) is 5.28 Å². The van der Waals surface area contributed by atoms with E-state index in [4.69, 9.17) is 23.2 Å². The average molecular weight is 196 g/mol. The Morgan fingerprint density at radius 1 is 1.64 bits per heavy atom. The summed E-state index contributed by atoms with van der Waals surface area (Å²) in [5.41, 5.74) is -0.657. The quantitative estimate of drug-likeness (QED) is 0.565. The van der Waals surface area contributed by atoms with Crippen LogP contribution in [0.15, 0.2) is 4.79 Å². The van der Waals surface area contributed by atoms with Crippen molar-refractivity contribution in [2.45, 2.75) is 0 Å². The molecule has 1 heterocycles. The molecule has 0 aliphatic carbocycles. The smallest absolute Gasteiger partial charge is 0.268 e. The third-order valence-electron chi connectivity index (χ3n) is 1.09. The lowest BCUT2D eigenvalue weighted by Gasteiger charge is -1.84. The van der Waals surface area contributed by atoms with Gasteiger partial charge in [0.1, 0.15) is 0 Å². The van der Waals surface area contributed by atoms with E-state index in [0.29, 0.717) is 4.68 Å². The molecular formula is C4H3Cl2N3O2. The standard InChI is InChI=1S/C4H3Cl2N3O2/c1-8-2(5)7-9(3(6)10)4(8)11/h1H3. The number of nitrogens with zero attached hydrogens (tertiary/aromatic N) is 3. The van der Waals surface area contributed by atoms with Crippen LogP contribution in [0.5, 0.6) is 0 Å². The lowest BCUT2D eigenvalue weighted by molar-refractivity contribution is 0.258. The van der Waals surface area contributed by atoms with Gasteiger partial charge >= 0.3 is 11.1 Å². The van der Waals surface area contributed by atoms with E-state index in [1.54, 1.807) is 0 Å². The van der Waals surface area contributed by atoms with Crippen LogP contribution >= 0.6 is 23.2 Å². The summed E-state index contributed by atoms with van der Waals surface area (Å²) in [4.78, 5) is 21.3. The molecule has 0 amide bonds. The second-order valence-corrected chi connectivity index (χ2v) is 2.44. The maximum atomic E-state index is 10.9. The highest BCUT2D eigenvalue weighted by Crippen LogP contribution is 1.98. The van der Waals surface area contributed by atoms with Gasteiger partial charge in [-0.1, -0.05) is 0 Å². The molecule has 60 valence electrons. The Morgan fingerprint density at radius 3 is 2.36 bits per heavy atom. The van der Waals surface area contributed by atoms with E-state index in [1.165, 1.54) is 7.05 Å². The third kappa shape index (κ3) is 1.29. The van der Waals surface area contributed by atoms with Crippen LogP contribution in [0.25, 0.3) is 0 Å². The van der Waals surface area contributed by atoms with Crippen LogP contribution < -0.4 is 5.69 Å². The highest BCUT2D eigenvalue weighted by atomic mass is 35.5. The zero-order chi connectivity index (χ0) is 8.59. The summed E-state index contributed by atoms with van der Waals surface area (Å²) in [7, 11) is 1.38. The fourth-order valence-corrected chi connectivity index (χ4v) is 0.786. The van der Waals surface area contributed by atoms with Gasteiger partial charge in [-0.15, -0.1) is 9.78 Å². The van der Waals surface area contributed by atoms with Gasteiger partial charge in [0.25, 0.3) is 0 Å². The number of rotatable bonds is 0. The van der Waals surface area contributed by atoms with Crippen molar-refractivity contribution in [3.05, 3.63) is 15.8 Å². The number of carbonyl (C=O) groups is 1. The molecule has 11 heavy (non-hydrogen) atoms. The summed E-state index contributed by atoms with van der Waals surface area (Å²) >= 11 is 10.4. The Balaban J connectivity index is 3.42. The monoisotopic (exact) mass is 195 g/mol. The van der Waals surface area contributed by atoms with Crippen molar-refractivity contribution < 1.29 is 4.79 Å². The second-order valence-electron chi connectivity index (χ2n) is 1.78. The second kappa shape index (κ2) is 2.67. The van der Waals surface area contributed by atoms with Crippen molar-refractivity contribution in [1.29, 1.82) is 0 Å². The van der Waals surface area contributed by atoms with Gasteiger partial charge in [0, 0.05) is 7.05 Å². The average Bonchev–Trinajstić information content (AvgIpc) is 2.17. The van der Waals surface area contributed by atoms with Gasteiger partial charge in [-0.2, -0.15) is 0 Å². The minimum absolute atomic E-state index is 0.0796. The molecule has 5 nitrogen and oxygen atoms in total. The molecule has 0 N–H and O–H groups in total. The maximum absolute atomic E-state index is 10.9. The summed E-state index contributed by atoms with van der Waals surface area (Å²) in [6, 6.07) is 0. The molecule has 7 heteroatoms. The molecule has 0 saturated carbocycles. The van der Waals surface area contributed by atoms with Gasteiger partial charge < -0.3 is 0 Å². The van der Waals surface area contributed by atoms with Crippen LogP contribution in [0.4, 0.5) is 4.79 Å². The minimum atomic E-state index is -0.975. The van der Waals surface area contributed by atoms with Gasteiger partial charge in [-0.05, 0) is 23.2 Å². The van der Waals surface area contributed by atoms with Gasteiger partial charge in [0.2, 0.25) is 5.28 Å². The minimum Gasteiger partial charge on any atom is -0.268 e. The normalized spacial score (nSPS) is 10.1. The fourth-order valence-electron chi connectivity index (χ4n) is 0.528. The fraction of sp³-hybridized carbons (Fsp3) is 0.250. The van der Waals surface area contributed by atoms with Crippen molar-refractivity contribution in [2.75, 3.05) is 0 Å². The van der Waals surface area contributed by atoms with E-state index in [9.17, 15) is 9.59 Å². The first-order valence-corrected chi connectivity index (χ1v) is 3.31. The van der Waals surface area contributed by atoms with E-state index in [1.807, 2.05) is 0 Å². The molecular weight excluding hydrogens is 193 g/mol. The van der Waals surface area contributed by atoms with E-state index in [-0.39, 0.29) is 5.28 Å².